The average molecular weight is 812 g/mol. The molecular weight excluding hydrogens is 771 g/mol. The van der Waals surface area contributed by atoms with E-state index in [1.807, 2.05) is 22.5 Å². The fourth-order valence-corrected chi connectivity index (χ4v) is 8.45. The van der Waals surface area contributed by atoms with Crippen LogP contribution in [-0.2, 0) is 33.3 Å². The second-order valence-corrected chi connectivity index (χ2v) is 15.2. The second-order valence-electron chi connectivity index (χ2n) is 13.7. The quantitative estimate of drug-likeness (QED) is 0.105. The van der Waals surface area contributed by atoms with Crippen LogP contribution in [0.3, 0.4) is 0 Å². The van der Waals surface area contributed by atoms with Gasteiger partial charge < -0.3 is 25.5 Å². The van der Waals surface area contributed by atoms with Crippen molar-refractivity contribution in [3.63, 3.8) is 0 Å². The van der Waals surface area contributed by atoms with Gasteiger partial charge in [-0.25, -0.2) is 22.9 Å². The van der Waals surface area contributed by atoms with Gasteiger partial charge in [-0.15, -0.1) is 0 Å². The van der Waals surface area contributed by atoms with E-state index in [0.29, 0.717) is 76.1 Å². The van der Waals surface area contributed by atoms with Crippen molar-refractivity contribution in [2.24, 2.45) is 10.7 Å². The Hall–Kier alpha value is -5.40. The van der Waals surface area contributed by atoms with Gasteiger partial charge in [-0.05, 0) is 49.1 Å². The number of nitrogens with zero attached hydrogens (tertiary/aromatic N) is 7. The molecule has 1 aromatic heterocycles. The number of alkyl halides is 3. The molecule has 3 aromatic rings. The van der Waals surface area contributed by atoms with E-state index in [4.69, 9.17) is 5.73 Å². The summed E-state index contributed by atoms with van der Waals surface area (Å²) in [5.74, 6) is -2.11. The molecule has 302 valence electrons. The largest absolute Gasteiger partial charge is 0.419 e. The first kappa shape index (κ1) is 41.2. The fourth-order valence-electron chi connectivity index (χ4n) is 7.16. The Morgan fingerprint density at radius 3 is 2.39 bits per heavy atom. The molecule has 2 aromatic carbocycles. The molecular formula is C38H41F4N9O5S. The number of carbonyl (C=O) groups excluding carboxylic acids is 4. The predicted molar refractivity (Wildman–Crippen MR) is 204 cm³/mol. The molecule has 19 heteroatoms. The van der Waals surface area contributed by atoms with Gasteiger partial charge in [0.2, 0.25) is 5.95 Å². The van der Waals surface area contributed by atoms with E-state index in [9.17, 15) is 36.6 Å². The van der Waals surface area contributed by atoms with Crippen LogP contribution in [0.1, 0.15) is 63.2 Å². The summed E-state index contributed by atoms with van der Waals surface area (Å²) in [7, 11) is -0.0538. The SMILES string of the molecule is CN=C/C(=C\N)c1nc(NC2CCN(S(=O)c3cccc(CN4CCN(c5cc6c(cc5F)C(=O)N(C(C=O)CCC=O)C6=O)CC4)c3)CC2)ncc1C(F)(F)F. The van der Waals surface area contributed by atoms with Gasteiger partial charge >= 0.3 is 6.18 Å². The number of piperidine rings is 1. The summed E-state index contributed by atoms with van der Waals surface area (Å²) < 4.78 is 71.9. The molecule has 6 rings (SSSR count). The van der Waals surface area contributed by atoms with Crippen LogP contribution in [0.4, 0.5) is 29.2 Å². The van der Waals surface area contributed by atoms with Crippen molar-refractivity contribution < 1.29 is 40.9 Å². The third-order valence-corrected chi connectivity index (χ3v) is 11.6. The molecule has 57 heavy (non-hydrogen) atoms. The molecule has 0 saturated carbocycles. The average Bonchev–Trinajstić information content (AvgIpc) is 3.44. The number of hydrogen-bond donors (Lipinski definition) is 2. The minimum Gasteiger partial charge on any atom is -0.404 e. The first-order valence-electron chi connectivity index (χ1n) is 18.2. The third-order valence-electron chi connectivity index (χ3n) is 10.1. The summed E-state index contributed by atoms with van der Waals surface area (Å²) in [5, 5.41) is 3.11. The highest BCUT2D eigenvalue weighted by Crippen LogP contribution is 2.35. The zero-order valence-electron chi connectivity index (χ0n) is 31.0. The van der Waals surface area contributed by atoms with Gasteiger partial charge in [0.05, 0.1) is 33.4 Å². The molecule has 0 radical (unpaired) electrons. The number of piperazine rings is 1. The summed E-state index contributed by atoms with van der Waals surface area (Å²) in [6.07, 6.45) is 0.333. The Morgan fingerprint density at radius 2 is 1.75 bits per heavy atom. The maximum absolute atomic E-state index is 15.4. The zero-order valence-corrected chi connectivity index (χ0v) is 31.8. The number of allylic oxidation sites excluding steroid dienone is 1. The number of carbonyl (C=O) groups is 4. The van der Waals surface area contributed by atoms with Crippen LogP contribution in [0.2, 0.25) is 0 Å². The number of amides is 2. The van der Waals surface area contributed by atoms with E-state index in [0.717, 1.165) is 28.9 Å². The van der Waals surface area contributed by atoms with Crippen molar-refractivity contribution in [2.75, 3.05) is 56.5 Å². The van der Waals surface area contributed by atoms with Crippen LogP contribution in [0, 0.1) is 5.82 Å². The number of aldehydes is 2. The number of benzene rings is 2. The molecule has 2 amide bonds. The molecule has 3 aliphatic heterocycles. The molecule has 2 unspecified atom stereocenters. The number of imide groups is 1. The molecule has 2 fully saturated rings. The van der Waals surface area contributed by atoms with Gasteiger partial charge in [0.25, 0.3) is 11.8 Å². The highest BCUT2D eigenvalue weighted by molar-refractivity contribution is 7.82. The van der Waals surface area contributed by atoms with Gasteiger partial charge in [0.15, 0.2) is 0 Å². The summed E-state index contributed by atoms with van der Waals surface area (Å²) >= 11 is 0. The Labute approximate surface area is 328 Å². The van der Waals surface area contributed by atoms with Gasteiger partial charge in [0.1, 0.15) is 34.9 Å². The Kier molecular flexibility index (Phi) is 12.9. The maximum atomic E-state index is 15.4. The molecule has 0 spiro atoms. The number of rotatable bonds is 14. The normalized spacial score (nSPS) is 18.6. The molecule has 3 N–H and O–H groups in total. The minimum atomic E-state index is -4.70. The first-order chi connectivity index (χ1) is 27.4. The number of nitrogens with one attached hydrogen (secondary N) is 1. The van der Waals surface area contributed by atoms with Gasteiger partial charge in [-0.3, -0.25) is 24.4 Å². The van der Waals surface area contributed by atoms with Crippen molar-refractivity contribution in [3.05, 3.63) is 82.6 Å². The third kappa shape index (κ3) is 9.10. The molecule has 3 aliphatic rings. The van der Waals surface area contributed by atoms with Crippen LogP contribution >= 0.6 is 0 Å². The van der Waals surface area contributed by atoms with Crippen molar-refractivity contribution >= 4 is 58.8 Å². The number of fused-ring (bicyclic) bond motifs is 1. The van der Waals surface area contributed by atoms with Crippen LogP contribution in [0.25, 0.3) is 5.57 Å². The molecule has 0 bridgehead atoms. The topological polar surface area (TPSA) is 174 Å². The first-order valence-corrected chi connectivity index (χ1v) is 19.4. The lowest BCUT2D eigenvalue weighted by atomic mass is 10.1. The predicted octanol–water partition coefficient (Wildman–Crippen LogP) is 3.70. The van der Waals surface area contributed by atoms with Gasteiger partial charge in [-0.1, -0.05) is 12.1 Å². The summed E-state index contributed by atoms with van der Waals surface area (Å²) in [6, 6.07) is 8.58. The summed E-state index contributed by atoms with van der Waals surface area (Å²) in [6.45, 7) is 3.44. The van der Waals surface area contributed by atoms with E-state index in [1.165, 1.54) is 19.3 Å². The number of aliphatic imine (C=N–C) groups is 1. The number of anilines is 2. The Balaban J connectivity index is 1.03. The van der Waals surface area contributed by atoms with Crippen LogP contribution in [-0.4, -0.2) is 117 Å². The lowest BCUT2D eigenvalue weighted by molar-refractivity contribution is -0.138. The van der Waals surface area contributed by atoms with Gasteiger partial charge in [0, 0.05) is 89.5 Å². The lowest BCUT2D eigenvalue weighted by Gasteiger charge is -2.36. The van der Waals surface area contributed by atoms with E-state index < -0.39 is 46.4 Å². The number of halogens is 4. The number of nitrogens with two attached hydrogens (primary N) is 1. The lowest BCUT2D eigenvalue weighted by Crippen LogP contribution is -2.46. The summed E-state index contributed by atoms with van der Waals surface area (Å²) in [5.41, 5.74) is 5.18. The molecule has 0 aliphatic carbocycles. The van der Waals surface area contributed by atoms with E-state index in [-0.39, 0.29) is 52.9 Å². The molecule has 4 heterocycles. The maximum Gasteiger partial charge on any atom is 0.419 e. The van der Waals surface area contributed by atoms with Crippen LogP contribution < -0.4 is 16.0 Å². The van der Waals surface area contributed by atoms with E-state index in [1.54, 1.807) is 11.0 Å². The highest BCUT2D eigenvalue weighted by atomic mass is 32.2. The molecule has 2 saturated heterocycles. The Bertz CT molecular complexity index is 2100. The van der Waals surface area contributed by atoms with Gasteiger partial charge in [-0.2, -0.15) is 13.2 Å². The second kappa shape index (κ2) is 17.8. The molecule has 14 nitrogen and oxygen atoms in total. The smallest absolute Gasteiger partial charge is 0.404 e. The van der Waals surface area contributed by atoms with Crippen molar-refractivity contribution in [3.8, 4) is 0 Å². The molecule has 2 atom stereocenters. The van der Waals surface area contributed by atoms with Crippen molar-refractivity contribution in [1.29, 1.82) is 0 Å². The standard InChI is InChI=1S/C38H41F4N9O5S/c1-44-20-25(19-43)34-31(38(40,41)42)21-45-37(47-34)46-26-7-9-50(10-8-26)57(56)28-6-2-4-24(16-28)22-48-11-13-49(14-12-48)33-18-30-29(17-32(33)39)35(54)51(36(30)55)27(23-53)5-3-15-52/h2,4,6,15-21,23,26-27H,3,5,7-14,22,43H2,1H3,(H,45,46,47)/b25-19+,44-20?. The highest BCUT2D eigenvalue weighted by Gasteiger charge is 2.41. The monoisotopic (exact) mass is 811 g/mol. The van der Waals surface area contributed by atoms with Crippen molar-refractivity contribution in [2.45, 2.75) is 55.4 Å². The van der Waals surface area contributed by atoms with Crippen molar-refractivity contribution in [1.82, 2.24) is 24.1 Å². The Morgan fingerprint density at radius 1 is 1.05 bits per heavy atom. The van der Waals surface area contributed by atoms with E-state index >= 15 is 4.39 Å². The fraction of sp³-hybridized carbons (Fsp3) is 0.395. The van der Waals surface area contributed by atoms with Crippen LogP contribution in [0.5, 0.6) is 0 Å². The number of hydrogen-bond acceptors (Lipinski definition) is 12. The zero-order chi connectivity index (χ0) is 40.9. The minimum absolute atomic E-state index is 0.00166. The summed E-state index contributed by atoms with van der Waals surface area (Å²) in [4.78, 5) is 65.8. The van der Waals surface area contributed by atoms with E-state index in [2.05, 4.69) is 25.2 Å². The number of aromatic nitrogens is 2. The van der Waals surface area contributed by atoms with Crippen LogP contribution in [0.15, 0.2) is 58.7 Å².